The first-order valence-corrected chi connectivity index (χ1v) is 10.8. The minimum Gasteiger partial charge on any atom is -0.480 e. The van der Waals surface area contributed by atoms with Crippen molar-refractivity contribution in [2.45, 2.75) is 78.0 Å². The van der Waals surface area contributed by atoms with E-state index in [1.807, 2.05) is 27.7 Å². The summed E-state index contributed by atoms with van der Waals surface area (Å²) in [5, 5.41) is 16.8. The maximum atomic E-state index is 13.1. The van der Waals surface area contributed by atoms with Gasteiger partial charge in [-0.2, -0.15) is 0 Å². The molecule has 0 spiro atoms. The number of rotatable bonds is 13. The third-order valence-electron chi connectivity index (χ3n) is 4.74. The van der Waals surface area contributed by atoms with E-state index in [9.17, 15) is 19.2 Å². The van der Waals surface area contributed by atoms with E-state index in [0.29, 0.717) is 18.5 Å². The monoisotopic (exact) mass is 452 g/mol. The Balaban J connectivity index is 2.99. The van der Waals surface area contributed by atoms with Crippen molar-refractivity contribution in [3.63, 3.8) is 0 Å². The number of H-pyrrole nitrogens is 1. The second-order valence-corrected chi connectivity index (χ2v) is 8.84. The number of amides is 3. The molecule has 0 aromatic carbocycles. The normalized spacial score (nSPS) is 15.0. The molecule has 11 heteroatoms. The summed E-state index contributed by atoms with van der Waals surface area (Å²) in [5.41, 5.74) is 6.57. The quantitative estimate of drug-likeness (QED) is 0.242. The Morgan fingerprint density at radius 3 is 2.00 bits per heavy atom. The molecule has 0 aliphatic rings. The number of carbonyl (C=O) groups excluding carboxylic acids is 3. The van der Waals surface area contributed by atoms with Gasteiger partial charge in [-0.1, -0.05) is 27.7 Å². The summed E-state index contributed by atoms with van der Waals surface area (Å²) < 4.78 is 0. The lowest BCUT2D eigenvalue weighted by Gasteiger charge is -2.25. The van der Waals surface area contributed by atoms with Crippen LogP contribution in [0, 0.1) is 11.8 Å². The fourth-order valence-electron chi connectivity index (χ4n) is 3.07. The summed E-state index contributed by atoms with van der Waals surface area (Å²) in [5.74, 6) is -2.59. The average molecular weight is 453 g/mol. The van der Waals surface area contributed by atoms with Crippen LogP contribution in [-0.2, 0) is 25.6 Å². The number of imidazole rings is 1. The van der Waals surface area contributed by atoms with Gasteiger partial charge in [-0.25, -0.2) is 4.98 Å². The molecule has 180 valence electrons. The van der Waals surface area contributed by atoms with Crippen LogP contribution >= 0.6 is 0 Å². The highest BCUT2D eigenvalue weighted by atomic mass is 16.4. The number of hydrogen-bond acceptors (Lipinski definition) is 6. The van der Waals surface area contributed by atoms with Crippen LogP contribution < -0.4 is 21.7 Å². The summed E-state index contributed by atoms with van der Waals surface area (Å²) >= 11 is 0. The number of hydrogen-bond donors (Lipinski definition) is 6. The highest BCUT2D eigenvalue weighted by Crippen LogP contribution is 2.08. The number of nitrogens with two attached hydrogens (primary N) is 1. The molecule has 1 rings (SSSR count). The van der Waals surface area contributed by atoms with Gasteiger partial charge in [0.2, 0.25) is 17.7 Å². The fourth-order valence-corrected chi connectivity index (χ4v) is 3.07. The van der Waals surface area contributed by atoms with Gasteiger partial charge >= 0.3 is 5.97 Å². The Hall–Kier alpha value is -2.95. The summed E-state index contributed by atoms with van der Waals surface area (Å²) in [7, 11) is 0. The first-order valence-electron chi connectivity index (χ1n) is 10.8. The zero-order valence-corrected chi connectivity index (χ0v) is 19.3. The molecule has 0 radical (unpaired) electrons. The topological polar surface area (TPSA) is 179 Å². The Bertz CT molecular complexity index is 765. The lowest BCUT2D eigenvalue weighted by atomic mass is 10.0. The maximum absolute atomic E-state index is 13.1. The number of nitrogens with one attached hydrogen (secondary N) is 4. The van der Waals surface area contributed by atoms with Crippen molar-refractivity contribution in [2.24, 2.45) is 17.6 Å². The third-order valence-corrected chi connectivity index (χ3v) is 4.74. The smallest absolute Gasteiger partial charge is 0.325 e. The average Bonchev–Trinajstić information content (AvgIpc) is 3.18. The van der Waals surface area contributed by atoms with Crippen LogP contribution in [0.25, 0.3) is 0 Å². The van der Waals surface area contributed by atoms with Crippen LogP contribution in [0.2, 0.25) is 0 Å². The number of aliphatic carboxylic acids is 1. The van der Waals surface area contributed by atoms with Gasteiger partial charge in [0.1, 0.15) is 18.1 Å². The lowest BCUT2D eigenvalue weighted by molar-refractivity contribution is -0.142. The van der Waals surface area contributed by atoms with Crippen molar-refractivity contribution in [3.05, 3.63) is 18.2 Å². The van der Waals surface area contributed by atoms with Gasteiger partial charge in [0.05, 0.1) is 12.4 Å². The van der Waals surface area contributed by atoms with E-state index >= 15 is 0 Å². The van der Waals surface area contributed by atoms with Gasteiger partial charge in [0.25, 0.3) is 0 Å². The largest absolute Gasteiger partial charge is 0.480 e. The predicted octanol–water partition coefficient (Wildman–Crippen LogP) is -0.0694. The van der Waals surface area contributed by atoms with E-state index in [-0.39, 0.29) is 18.3 Å². The van der Waals surface area contributed by atoms with Gasteiger partial charge in [-0.3, -0.25) is 19.2 Å². The van der Waals surface area contributed by atoms with E-state index in [0.717, 1.165) is 0 Å². The van der Waals surface area contributed by atoms with Crippen LogP contribution in [0.15, 0.2) is 12.5 Å². The summed E-state index contributed by atoms with van der Waals surface area (Å²) in [6.45, 7) is 8.97. The van der Waals surface area contributed by atoms with Crippen LogP contribution in [-0.4, -0.2) is 62.9 Å². The van der Waals surface area contributed by atoms with Gasteiger partial charge < -0.3 is 31.8 Å². The minimum atomic E-state index is -1.18. The molecule has 0 aliphatic heterocycles. The van der Waals surface area contributed by atoms with Crippen LogP contribution in [0.5, 0.6) is 0 Å². The summed E-state index contributed by atoms with van der Waals surface area (Å²) in [6, 6.07) is -3.85. The van der Waals surface area contributed by atoms with E-state index in [1.165, 1.54) is 19.4 Å². The van der Waals surface area contributed by atoms with Crippen molar-refractivity contribution in [3.8, 4) is 0 Å². The standard InChI is InChI=1S/C21H36N6O5/c1-11(2)6-15(22)18(28)26-17(8-14-9-23-10-24-14)20(30)27-16(7-12(3)4)19(29)25-13(5)21(31)32/h9-13,15-17H,6-8,22H2,1-5H3,(H,23,24)(H,25,29)(H,26,28)(H,27,30)(H,31,32). The first kappa shape index (κ1) is 27.1. The fraction of sp³-hybridized carbons (Fsp3) is 0.667. The summed E-state index contributed by atoms with van der Waals surface area (Å²) in [4.78, 5) is 56.1. The maximum Gasteiger partial charge on any atom is 0.325 e. The van der Waals surface area contributed by atoms with Crippen molar-refractivity contribution >= 4 is 23.7 Å². The number of aromatic nitrogens is 2. The Kier molecular flexibility index (Phi) is 10.8. The molecule has 1 aromatic rings. The molecule has 7 N–H and O–H groups in total. The van der Waals surface area contributed by atoms with Crippen LogP contribution in [0.1, 0.15) is 53.2 Å². The molecule has 0 saturated heterocycles. The van der Waals surface area contributed by atoms with Gasteiger partial charge in [-0.15, -0.1) is 0 Å². The molecule has 4 atom stereocenters. The zero-order valence-electron chi connectivity index (χ0n) is 19.3. The number of carboxylic acid groups (broad SMARTS) is 1. The molecule has 0 bridgehead atoms. The molecule has 11 nitrogen and oxygen atoms in total. The molecule has 32 heavy (non-hydrogen) atoms. The third kappa shape index (κ3) is 9.46. The lowest BCUT2D eigenvalue weighted by Crippen LogP contribution is -2.57. The number of nitrogens with zero attached hydrogens (tertiary/aromatic N) is 1. The zero-order chi connectivity index (χ0) is 24.4. The molecule has 1 heterocycles. The highest BCUT2D eigenvalue weighted by Gasteiger charge is 2.30. The summed E-state index contributed by atoms with van der Waals surface area (Å²) in [6.07, 6.45) is 3.86. The minimum absolute atomic E-state index is 0.0475. The molecule has 0 saturated carbocycles. The van der Waals surface area contributed by atoms with Gasteiger partial charge in [0, 0.05) is 18.3 Å². The molecule has 0 fully saturated rings. The van der Waals surface area contributed by atoms with Crippen molar-refractivity contribution in [2.75, 3.05) is 0 Å². The number of carboxylic acids is 1. The molecular weight excluding hydrogens is 416 g/mol. The van der Waals surface area contributed by atoms with Crippen molar-refractivity contribution in [1.29, 1.82) is 0 Å². The highest BCUT2D eigenvalue weighted by molar-refractivity contribution is 5.94. The molecule has 3 amide bonds. The molecular formula is C21H36N6O5. The number of aromatic amines is 1. The van der Waals surface area contributed by atoms with E-state index in [2.05, 4.69) is 25.9 Å². The number of carbonyl (C=O) groups is 4. The van der Waals surface area contributed by atoms with Crippen molar-refractivity contribution in [1.82, 2.24) is 25.9 Å². The van der Waals surface area contributed by atoms with E-state index in [4.69, 9.17) is 10.8 Å². The molecule has 1 aromatic heterocycles. The molecule has 0 aliphatic carbocycles. The van der Waals surface area contributed by atoms with Crippen LogP contribution in [0.3, 0.4) is 0 Å². The van der Waals surface area contributed by atoms with Crippen LogP contribution in [0.4, 0.5) is 0 Å². The Labute approximate surface area is 188 Å². The Morgan fingerprint density at radius 1 is 0.938 bits per heavy atom. The van der Waals surface area contributed by atoms with Gasteiger partial charge in [-0.05, 0) is 31.6 Å². The predicted molar refractivity (Wildman–Crippen MR) is 118 cm³/mol. The van der Waals surface area contributed by atoms with E-state index in [1.54, 1.807) is 0 Å². The first-order chi connectivity index (χ1) is 14.9. The van der Waals surface area contributed by atoms with Gasteiger partial charge in [0.15, 0.2) is 0 Å². The SMILES string of the molecule is CC(C)CC(N)C(=O)NC(Cc1cnc[nH]1)C(=O)NC(CC(C)C)C(=O)NC(C)C(=O)O. The second kappa shape index (κ2) is 12.8. The Morgan fingerprint density at radius 2 is 1.50 bits per heavy atom. The van der Waals surface area contributed by atoms with E-state index < -0.39 is 47.9 Å². The second-order valence-electron chi connectivity index (χ2n) is 8.84. The van der Waals surface area contributed by atoms with Crippen molar-refractivity contribution < 1.29 is 24.3 Å². The molecule has 4 unspecified atom stereocenters.